The minimum absolute atomic E-state index is 0. The van der Waals surface area contributed by atoms with Gasteiger partial charge in [-0.3, -0.25) is 14.0 Å². The van der Waals surface area contributed by atoms with Gasteiger partial charge in [-0.2, -0.15) is 0 Å². The van der Waals surface area contributed by atoms with Crippen molar-refractivity contribution in [3.63, 3.8) is 0 Å². The number of hydrogen-bond acceptors (Lipinski definition) is 3. The molecule has 0 radical (unpaired) electrons. The molecular formula is C15H31IN4O2S. The van der Waals surface area contributed by atoms with Crippen LogP contribution in [0.5, 0.6) is 0 Å². The third kappa shape index (κ3) is 7.82. The Hall–Kier alpha value is -0.380. The lowest BCUT2D eigenvalue weighted by atomic mass is 10.3. The van der Waals surface area contributed by atoms with Crippen molar-refractivity contribution >= 4 is 46.6 Å². The molecule has 2 unspecified atom stereocenters. The molecule has 0 aromatic rings. The summed E-state index contributed by atoms with van der Waals surface area (Å²) in [6.07, 6.45) is 1.48. The molecule has 2 atom stereocenters. The Balaban J connectivity index is 0.00000484. The number of amides is 1. The van der Waals surface area contributed by atoms with E-state index in [9.17, 15) is 9.00 Å². The zero-order valence-corrected chi connectivity index (χ0v) is 18.0. The lowest BCUT2D eigenvalue weighted by Crippen LogP contribution is -2.46. The first kappa shape index (κ1) is 22.6. The zero-order valence-electron chi connectivity index (χ0n) is 14.8. The van der Waals surface area contributed by atoms with Gasteiger partial charge < -0.3 is 15.5 Å². The Morgan fingerprint density at radius 1 is 1.39 bits per heavy atom. The van der Waals surface area contributed by atoms with E-state index < -0.39 is 10.8 Å². The zero-order chi connectivity index (χ0) is 16.8. The van der Waals surface area contributed by atoms with Crippen molar-refractivity contribution in [1.82, 2.24) is 15.5 Å². The van der Waals surface area contributed by atoms with Crippen LogP contribution < -0.4 is 10.6 Å². The van der Waals surface area contributed by atoms with Crippen LogP contribution in [0.1, 0.15) is 40.5 Å². The molecule has 0 saturated carbocycles. The van der Waals surface area contributed by atoms with Crippen LogP contribution in [0.4, 0.5) is 0 Å². The molecule has 0 spiro atoms. The molecule has 1 aliphatic heterocycles. The number of carbonyl (C=O) groups is 1. The SMILES string of the molecule is CCC(=O)N1CCC(NC(=NC)NCCS(=O)C(C)(C)C)C1.I. The van der Waals surface area contributed by atoms with Crippen LogP contribution in [0, 0.1) is 0 Å². The van der Waals surface area contributed by atoms with Crippen molar-refractivity contribution in [1.29, 1.82) is 0 Å². The average molecular weight is 458 g/mol. The molecule has 1 heterocycles. The van der Waals surface area contributed by atoms with Gasteiger partial charge in [0.15, 0.2) is 5.96 Å². The van der Waals surface area contributed by atoms with Crippen LogP contribution in [-0.4, -0.2) is 64.2 Å². The van der Waals surface area contributed by atoms with Crippen LogP contribution in [0.25, 0.3) is 0 Å². The van der Waals surface area contributed by atoms with Gasteiger partial charge in [0, 0.05) is 60.4 Å². The van der Waals surface area contributed by atoms with Crippen molar-refractivity contribution in [3.05, 3.63) is 0 Å². The highest BCUT2D eigenvalue weighted by atomic mass is 127. The maximum atomic E-state index is 12.0. The molecule has 1 aliphatic rings. The van der Waals surface area contributed by atoms with E-state index in [-0.39, 0.29) is 40.7 Å². The Bertz CT molecular complexity index is 438. The fourth-order valence-electron chi connectivity index (χ4n) is 2.28. The summed E-state index contributed by atoms with van der Waals surface area (Å²) in [6.45, 7) is 9.97. The van der Waals surface area contributed by atoms with Crippen molar-refractivity contribution in [2.45, 2.75) is 51.3 Å². The highest BCUT2D eigenvalue weighted by Crippen LogP contribution is 2.11. The van der Waals surface area contributed by atoms with Gasteiger partial charge in [0.2, 0.25) is 5.91 Å². The Morgan fingerprint density at radius 3 is 2.57 bits per heavy atom. The van der Waals surface area contributed by atoms with Gasteiger partial charge in [-0.1, -0.05) is 6.92 Å². The summed E-state index contributed by atoms with van der Waals surface area (Å²) < 4.78 is 11.8. The van der Waals surface area contributed by atoms with Gasteiger partial charge in [-0.05, 0) is 27.2 Å². The quantitative estimate of drug-likeness (QED) is 0.371. The van der Waals surface area contributed by atoms with E-state index in [1.165, 1.54) is 0 Å². The molecule has 1 amide bonds. The van der Waals surface area contributed by atoms with E-state index in [4.69, 9.17) is 0 Å². The van der Waals surface area contributed by atoms with E-state index in [0.29, 0.717) is 24.7 Å². The van der Waals surface area contributed by atoms with Crippen LogP contribution in [0.3, 0.4) is 0 Å². The number of aliphatic imine (C=N–C) groups is 1. The second-order valence-corrected chi connectivity index (χ2v) is 8.81. The van der Waals surface area contributed by atoms with Gasteiger partial charge in [0.25, 0.3) is 0 Å². The Kier molecular flexibility index (Phi) is 10.3. The molecular weight excluding hydrogens is 427 g/mol. The number of guanidine groups is 1. The summed E-state index contributed by atoms with van der Waals surface area (Å²) in [7, 11) is 0.851. The number of nitrogens with zero attached hydrogens (tertiary/aromatic N) is 2. The van der Waals surface area contributed by atoms with E-state index in [1.807, 2.05) is 32.6 Å². The summed E-state index contributed by atoms with van der Waals surface area (Å²) in [5, 5.41) is 6.53. The predicted molar refractivity (Wildman–Crippen MR) is 108 cm³/mol. The van der Waals surface area contributed by atoms with Crippen molar-refractivity contribution in [2.75, 3.05) is 32.4 Å². The lowest BCUT2D eigenvalue weighted by molar-refractivity contribution is -0.129. The summed E-state index contributed by atoms with van der Waals surface area (Å²) in [4.78, 5) is 17.8. The number of nitrogens with one attached hydrogen (secondary N) is 2. The smallest absolute Gasteiger partial charge is 0.222 e. The third-order valence-electron chi connectivity index (χ3n) is 3.67. The predicted octanol–water partition coefficient (Wildman–Crippen LogP) is 1.33. The average Bonchev–Trinajstić information content (AvgIpc) is 2.92. The number of rotatable bonds is 5. The van der Waals surface area contributed by atoms with Gasteiger partial charge in [0.05, 0.1) is 0 Å². The molecule has 0 aromatic carbocycles. The maximum absolute atomic E-state index is 12.0. The van der Waals surface area contributed by atoms with Crippen LogP contribution >= 0.6 is 24.0 Å². The molecule has 0 aromatic heterocycles. The van der Waals surface area contributed by atoms with Gasteiger partial charge in [-0.25, -0.2) is 0 Å². The van der Waals surface area contributed by atoms with Gasteiger partial charge >= 0.3 is 0 Å². The molecule has 0 bridgehead atoms. The highest BCUT2D eigenvalue weighted by Gasteiger charge is 2.26. The number of likely N-dealkylation sites (tertiary alicyclic amines) is 1. The lowest BCUT2D eigenvalue weighted by Gasteiger charge is -2.20. The summed E-state index contributed by atoms with van der Waals surface area (Å²) >= 11 is 0. The maximum Gasteiger partial charge on any atom is 0.222 e. The standard InChI is InChI=1S/C15H30N4O2S.HI/c1-6-13(20)19-9-7-12(11-19)18-14(16-5)17-8-10-22(21)15(2,3)4;/h12H,6-11H2,1-5H3,(H2,16,17,18);1H. The number of carbonyl (C=O) groups excluding carboxylic acids is 1. The number of hydrogen-bond donors (Lipinski definition) is 2. The van der Waals surface area contributed by atoms with Gasteiger partial charge in [-0.15, -0.1) is 24.0 Å². The largest absolute Gasteiger partial charge is 0.355 e. The first-order chi connectivity index (χ1) is 10.3. The normalized spacial score (nSPS) is 20.0. The van der Waals surface area contributed by atoms with Crippen LogP contribution in [-0.2, 0) is 15.6 Å². The molecule has 6 nitrogen and oxygen atoms in total. The molecule has 23 heavy (non-hydrogen) atoms. The summed E-state index contributed by atoms with van der Waals surface area (Å²) in [5.41, 5.74) is 0. The fourth-order valence-corrected chi connectivity index (χ4v) is 3.18. The van der Waals surface area contributed by atoms with Crippen LogP contribution in [0.2, 0.25) is 0 Å². The van der Waals surface area contributed by atoms with Crippen molar-refractivity contribution < 1.29 is 9.00 Å². The molecule has 2 N–H and O–H groups in total. The van der Waals surface area contributed by atoms with Gasteiger partial charge in [0.1, 0.15) is 0 Å². The summed E-state index contributed by atoms with van der Waals surface area (Å²) in [5.74, 6) is 1.50. The van der Waals surface area contributed by atoms with E-state index in [2.05, 4.69) is 15.6 Å². The first-order valence-corrected chi connectivity index (χ1v) is 9.23. The second-order valence-electron chi connectivity index (χ2n) is 6.48. The Labute approximate surface area is 159 Å². The van der Waals surface area contributed by atoms with E-state index in [1.54, 1.807) is 7.05 Å². The molecule has 136 valence electrons. The van der Waals surface area contributed by atoms with Crippen molar-refractivity contribution in [2.24, 2.45) is 4.99 Å². The highest BCUT2D eigenvalue weighted by molar-refractivity contribution is 14.0. The monoisotopic (exact) mass is 458 g/mol. The molecule has 1 fully saturated rings. The first-order valence-electron chi connectivity index (χ1n) is 7.91. The second kappa shape index (κ2) is 10.5. The molecule has 1 saturated heterocycles. The molecule has 0 aliphatic carbocycles. The fraction of sp³-hybridized carbons (Fsp3) is 0.867. The van der Waals surface area contributed by atoms with E-state index in [0.717, 1.165) is 19.5 Å². The minimum Gasteiger partial charge on any atom is -0.355 e. The van der Waals surface area contributed by atoms with E-state index >= 15 is 0 Å². The minimum atomic E-state index is -0.871. The van der Waals surface area contributed by atoms with Crippen molar-refractivity contribution in [3.8, 4) is 0 Å². The Morgan fingerprint density at radius 2 is 2.04 bits per heavy atom. The van der Waals surface area contributed by atoms with Crippen LogP contribution in [0.15, 0.2) is 4.99 Å². The third-order valence-corrected chi connectivity index (χ3v) is 5.61. The molecule has 1 rings (SSSR count). The topological polar surface area (TPSA) is 73.8 Å². The molecule has 8 heteroatoms. The summed E-state index contributed by atoms with van der Waals surface area (Å²) in [6, 6.07) is 0.231. The number of halogens is 1.